The molecular weight excluding hydrogens is 252 g/mol. The van der Waals surface area contributed by atoms with Gasteiger partial charge in [-0.25, -0.2) is 0 Å². The average molecular weight is 282 g/mol. The molecule has 1 aromatic carbocycles. The summed E-state index contributed by atoms with van der Waals surface area (Å²) in [6, 6.07) is 10.9. The van der Waals surface area contributed by atoms with E-state index < -0.39 is 0 Å². The third-order valence-corrected chi connectivity index (χ3v) is 3.33. The van der Waals surface area contributed by atoms with E-state index in [-0.39, 0.29) is 0 Å². The molecule has 0 spiro atoms. The molecule has 114 valence electrons. The Morgan fingerprint density at radius 2 is 1.71 bits per heavy atom. The van der Waals surface area contributed by atoms with Crippen molar-refractivity contribution in [1.29, 1.82) is 0 Å². The van der Waals surface area contributed by atoms with Crippen LogP contribution in [0.2, 0.25) is 0 Å². The van der Waals surface area contributed by atoms with Crippen molar-refractivity contribution < 1.29 is 0 Å². The smallest absolute Gasteiger partial charge is 0.00860 e. The maximum atomic E-state index is 4.60. The van der Waals surface area contributed by atoms with E-state index in [0.717, 1.165) is 5.92 Å². The van der Waals surface area contributed by atoms with Gasteiger partial charge in [0.2, 0.25) is 0 Å². The Kier molecular flexibility index (Phi) is 11.0. The van der Waals surface area contributed by atoms with Crippen LogP contribution in [0.4, 0.5) is 0 Å². The summed E-state index contributed by atoms with van der Waals surface area (Å²) in [6.45, 7) is 10.5. The molecule has 0 aliphatic rings. The first kappa shape index (κ1) is 19.3. The van der Waals surface area contributed by atoms with E-state index in [9.17, 15) is 0 Å². The maximum absolute atomic E-state index is 4.60. The van der Waals surface area contributed by atoms with Gasteiger partial charge in [-0.05, 0) is 44.2 Å². The number of rotatable bonds is 6. The SMILES string of the molecule is C#CC.C/C=C\C(=C/C)C(CCC(C)C)c1ccccc1. The van der Waals surface area contributed by atoms with Gasteiger partial charge in [-0.15, -0.1) is 12.3 Å². The molecule has 0 heteroatoms. The van der Waals surface area contributed by atoms with Gasteiger partial charge in [-0.1, -0.05) is 68.8 Å². The van der Waals surface area contributed by atoms with Gasteiger partial charge in [-0.2, -0.15) is 0 Å². The lowest BCUT2D eigenvalue weighted by Crippen LogP contribution is -2.03. The van der Waals surface area contributed by atoms with E-state index >= 15 is 0 Å². The van der Waals surface area contributed by atoms with Crippen molar-refractivity contribution in [3.8, 4) is 12.3 Å². The maximum Gasteiger partial charge on any atom is 0.00860 e. The largest absolute Gasteiger partial charge is 0.120 e. The summed E-state index contributed by atoms with van der Waals surface area (Å²) in [5, 5.41) is 0. The van der Waals surface area contributed by atoms with Crippen LogP contribution in [0.3, 0.4) is 0 Å². The van der Waals surface area contributed by atoms with Crippen molar-refractivity contribution in [2.45, 2.75) is 53.4 Å². The Labute approximate surface area is 132 Å². The standard InChI is InChI=1S/C18H26.C3H4/c1-5-10-16(6-2)18(14-13-15(3)4)17-11-8-7-9-12-17;1-3-2/h5-12,15,18H,13-14H2,1-4H3;1H,2H3/b10-5-,16-6+;. The van der Waals surface area contributed by atoms with Crippen molar-refractivity contribution in [2.75, 3.05) is 0 Å². The number of hydrogen-bond acceptors (Lipinski definition) is 0. The molecule has 0 amide bonds. The highest BCUT2D eigenvalue weighted by Gasteiger charge is 2.14. The first-order valence-electron chi connectivity index (χ1n) is 7.81. The van der Waals surface area contributed by atoms with Crippen molar-refractivity contribution in [2.24, 2.45) is 5.92 Å². The number of hydrogen-bond donors (Lipinski definition) is 0. The van der Waals surface area contributed by atoms with Crippen LogP contribution in [0.5, 0.6) is 0 Å². The van der Waals surface area contributed by atoms with E-state index in [4.69, 9.17) is 0 Å². The fraction of sp³-hybridized carbons (Fsp3) is 0.429. The molecule has 1 rings (SSSR count). The van der Waals surface area contributed by atoms with Gasteiger partial charge in [-0.3, -0.25) is 0 Å². The number of allylic oxidation sites excluding steroid dienone is 4. The third-order valence-electron chi connectivity index (χ3n) is 3.33. The van der Waals surface area contributed by atoms with Crippen molar-refractivity contribution in [3.05, 3.63) is 59.7 Å². The minimum absolute atomic E-state index is 0.537. The van der Waals surface area contributed by atoms with Gasteiger partial charge in [0, 0.05) is 5.92 Å². The second-order valence-electron chi connectivity index (χ2n) is 5.51. The highest BCUT2D eigenvalue weighted by Crippen LogP contribution is 2.31. The average Bonchev–Trinajstić information content (AvgIpc) is 2.48. The molecule has 1 unspecified atom stereocenters. The Morgan fingerprint density at radius 3 is 2.14 bits per heavy atom. The summed E-state index contributed by atoms with van der Waals surface area (Å²) in [4.78, 5) is 0. The molecule has 0 saturated carbocycles. The van der Waals surface area contributed by atoms with Gasteiger partial charge < -0.3 is 0 Å². The normalized spacial score (nSPS) is 12.7. The molecule has 0 heterocycles. The minimum atomic E-state index is 0.537. The second kappa shape index (κ2) is 12.0. The molecule has 1 aromatic rings. The number of benzene rings is 1. The molecule has 0 radical (unpaired) electrons. The van der Waals surface area contributed by atoms with Crippen LogP contribution in [0.25, 0.3) is 0 Å². The van der Waals surface area contributed by atoms with E-state index in [1.807, 2.05) is 0 Å². The van der Waals surface area contributed by atoms with Crippen molar-refractivity contribution in [1.82, 2.24) is 0 Å². The van der Waals surface area contributed by atoms with Gasteiger partial charge in [0.05, 0.1) is 0 Å². The van der Waals surface area contributed by atoms with E-state index in [1.165, 1.54) is 24.0 Å². The summed E-state index contributed by atoms with van der Waals surface area (Å²) >= 11 is 0. The quantitative estimate of drug-likeness (QED) is 0.420. The Balaban J connectivity index is 0.00000122. The van der Waals surface area contributed by atoms with Crippen molar-refractivity contribution >= 4 is 0 Å². The summed E-state index contributed by atoms with van der Waals surface area (Å²) in [7, 11) is 0. The fourth-order valence-corrected chi connectivity index (χ4v) is 2.32. The van der Waals surface area contributed by atoms with Crippen LogP contribution < -0.4 is 0 Å². The monoisotopic (exact) mass is 282 g/mol. The predicted molar refractivity (Wildman–Crippen MR) is 96.3 cm³/mol. The molecule has 0 saturated heterocycles. The van der Waals surface area contributed by atoms with E-state index in [1.54, 1.807) is 6.92 Å². The van der Waals surface area contributed by atoms with Crippen LogP contribution >= 0.6 is 0 Å². The lowest BCUT2D eigenvalue weighted by atomic mass is 9.85. The molecule has 0 N–H and O–H groups in total. The number of terminal acetylenes is 1. The molecule has 0 aliphatic heterocycles. The van der Waals surface area contributed by atoms with Gasteiger partial charge >= 0.3 is 0 Å². The topological polar surface area (TPSA) is 0 Å². The minimum Gasteiger partial charge on any atom is -0.120 e. The molecule has 0 aliphatic carbocycles. The predicted octanol–water partition coefficient (Wildman–Crippen LogP) is 6.37. The lowest BCUT2D eigenvalue weighted by molar-refractivity contribution is 0.528. The summed E-state index contributed by atoms with van der Waals surface area (Å²) in [6.07, 6.45) is 13.7. The molecule has 1 atom stereocenters. The Morgan fingerprint density at radius 1 is 1.14 bits per heavy atom. The van der Waals surface area contributed by atoms with Gasteiger partial charge in [0.15, 0.2) is 0 Å². The molecular formula is C21H30. The molecule has 21 heavy (non-hydrogen) atoms. The lowest BCUT2D eigenvalue weighted by Gasteiger charge is -2.20. The second-order valence-corrected chi connectivity index (χ2v) is 5.51. The van der Waals surface area contributed by atoms with Crippen LogP contribution in [0.1, 0.15) is 58.9 Å². The Hall–Kier alpha value is -1.74. The molecule has 0 fully saturated rings. The first-order valence-corrected chi connectivity index (χ1v) is 7.81. The van der Waals surface area contributed by atoms with E-state index in [0.29, 0.717) is 5.92 Å². The Bertz CT molecular complexity index is 455. The van der Waals surface area contributed by atoms with Gasteiger partial charge in [0.25, 0.3) is 0 Å². The van der Waals surface area contributed by atoms with Crippen LogP contribution in [-0.2, 0) is 0 Å². The first-order chi connectivity index (χ1) is 10.1. The molecule has 0 bridgehead atoms. The fourth-order valence-electron chi connectivity index (χ4n) is 2.32. The molecule has 0 nitrogen and oxygen atoms in total. The van der Waals surface area contributed by atoms with Crippen molar-refractivity contribution in [3.63, 3.8) is 0 Å². The van der Waals surface area contributed by atoms with Gasteiger partial charge in [0.1, 0.15) is 0 Å². The van der Waals surface area contributed by atoms with E-state index in [2.05, 4.69) is 88.6 Å². The zero-order valence-corrected chi connectivity index (χ0v) is 14.3. The van der Waals surface area contributed by atoms with Crippen LogP contribution in [0, 0.1) is 18.3 Å². The summed E-state index contributed by atoms with van der Waals surface area (Å²) < 4.78 is 0. The highest BCUT2D eigenvalue weighted by atomic mass is 14.2. The highest BCUT2D eigenvalue weighted by molar-refractivity contribution is 5.34. The molecule has 0 aromatic heterocycles. The summed E-state index contributed by atoms with van der Waals surface area (Å²) in [5.41, 5.74) is 2.87. The summed E-state index contributed by atoms with van der Waals surface area (Å²) in [5.74, 6) is 3.55. The zero-order valence-electron chi connectivity index (χ0n) is 14.3. The van der Waals surface area contributed by atoms with Crippen LogP contribution in [-0.4, -0.2) is 0 Å². The van der Waals surface area contributed by atoms with Crippen LogP contribution in [0.15, 0.2) is 54.1 Å². The zero-order chi connectivity index (χ0) is 16.1. The third kappa shape index (κ3) is 8.20.